The van der Waals surface area contributed by atoms with Gasteiger partial charge in [0.2, 0.25) is 0 Å². The molecule has 2 rings (SSSR count). The van der Waals surface area contributed by atoms with E-state index in [4.69, 9.17) is 22.2 Å². The van der Waals surface area contributed by atoms with Crippen LogP contribution in [-0.2, 0) is 11.2 Å². The van der Waals surface area contributed by atoms with E-state index in [1.165, 1.54) is 6.07 Å². The zero-order chi connectivity index (χ0) is 13.0. The van der Waals surface area contributed by atoms with Gasteiger partial charge < -0.3 is 4.74 Å². The number of hydrogen-bond donors (Lipinski definition) is 2. The number of hydrogen-bond acceptors (Lipinski definition) is 3. The molecule has 1 aromatic carbocycles. The maximum Gasteiger partial charge on any atom is 0.127 e. The average Bonchev–Trinajstić information content (AvgIpc) is 2.39. The molecule has 1 aromatic rings. The van der Waals surface area contributed by atoms with Crippen LogP contribution in [0.15, 0.2) is 18.2 Å². The van der Waals surface area contributed by atoms with Gasteiger partial charge in [-0.2, -0.15) is 0 Å². The smallest absolute Gasteiger partial charge is 0.127 e. The Kier molecular flexibility index (Phi) is 4.95. The topological polar surface area (TPSA) is 47.3 Å². The number of hydrazine groups is 1. The maximum atomic E-state index is 13.7. The molecule has 0 saturated carbocycles. The zero-order valence-corrected chi connectivity index (χ0v) is 10.9. The molecule has 0 aromatic heterocycles. The van der Waals surface area contributed by atoms with Crippen molar-refractivity contribution in [3.8, 4) is 0 Å². The van der Waals surface area contributed by atoms with Crippen molar-refractivity contribution >= 4 is 11.6 Å². The van der Waals surface area contributed by atoms with Crippen LogP contribution in [0, 0.1) is 11.7 Å². The summed E-state index contributed by atoms with van der Waals surface area (Å²) in [6.07, 6.45) is 2.64. The van der Waals surface area contributed by atoms with Crippen LogP contribution in [0.5, 0.6) is 0 Å². The molecule has 1 heterocycles. The summed E-state index contributed by atoms with van der Waals surface area (Å²) in [5.41, 5.74) is 3.41. The van der Waals surface area contributed by atoms with Gasteiger partial charge in [0.25, 0.3) is 0 Å². The van der Waals surface area contributed by atoms with Crippen molar-refractivity contribution in [1.29, 1.82) is 0 Å². The molecule has 1 aliphatic heterocycles. The Balaban J connectivity index is 2.04. The summed E-state index contributed by atoms with van der Waals surface area (Å²) >= 11 is 5.74. The van der Waals surface area contributed by atoms with Gasteiger partial charge in [-0.25, -0.2) is 4.39 Å². The predicted molar refractivity (Wildman–Crippen MR) is 69.8 cm³/mol. The van der Waals surface area contributed by atoms with Crippen molar-refractivity contribution < 1.29 is 9.13 Å². The van der Waals surface area contributed by atoms with Gasteiger partial charge in [0.05, 0.1) is 6.61 Å². The van der Waals surface area contributed by atoms with E-state index >= 15 is 0 Å². The summed E-state index contributed by atoms with van der Waals surface area (Å²) < 4.78 is 19.2. The first-order chi connectivity index (χ1) is 8.70. The summed E-state index contributed by atoms with van der Waals surface area (Å²) in [6, 6.07) is 4.78. The van der Waals surface area contributed by atoms with Crippen LogP contribution in [0.2, 0.25) is 5.02 Å². The molecular weight excluding hydrogens is 255 g/mol. The van der Waals surface area contributed by atoms with Crippen molar-refractivity contribution in [2.24, 2.45) is 11.8 Å². The van der Waals surface area contributed by atoms with Crippen LogP contribution >= 0.6 is 11.6 Å². The van der Waals surface area contributed by atoms with Crippen molar-refractivity contribution in [2.45, 2.75) is 25.3 Å². The largest absolute Gasteiger partial charge is 0.381 e. The van der Waals surface area contributed by atoms with Crippen LogP contribution in [0.1, 0.15) is 18.4 Å². The van der Waals surface area contributed by atoms with E-state index in [1.807, 2.05) is 0 Å². The van der Waals surface area contributed by atoms with Gasteiger partial charge in [0, 0.05) is 17.7 Å². The van der Waals surface area contributed by atoms with Gasteiger partial charge in [-0.15, -0.1) is 0 Å². The Morgan fingerprint density at radius 3 is 3.00 bits per heavy atom. The molecule has 100 valence electrons. The molecule has 0 aliphatic carbocycles. The summed E-state index contributed by atoms with van der Waals surface area (Å²) in [7, 11) is 0. The van der Waals surface area contributed by atoms with Crippen molar-refractivity contribution in [3.05, 3.63) is 34.6 Å². The summed E-state index contributed by atoms with van der Waals surface area (Å²) in [5.74, 6) is 5.63. The van der Waals surface area contributed by atoms with Gasteiger partial charge in [-0.1, -0.05) is 17.7 Å². The SMILES string of the molecule is NNC(Cc1ccc(Cl)cc1F)C1CCCOC1. The fourth-order valence-electron chi connectivity index (χ4n) is 2.37. The highest BCUT2D eigenvalue weighted by Crippen LogP contribution is 2.22. The quantitative estimate of drug-likeness (QED) is 0.653. The van der Waals surface area contributed by atoms with Crippen molar-refractivity contribution in [3.63, 3.8) is 0 Å². The minimum Gasteiger partial charge on any atom is -0.381 e. The number of benzene rings is 1. The molecule has 2 unspecified atom stereocenters. The fraction of sp³-hybridized carbons (Fsp3) is 0.538. The van der Waals surface area contributed by atoms with Gasteiger partial charge in [-0.05, 0) is 42.9 Å². The van der Waals surface area contributed by atoms with Crippen LogP contribution in [0.3, 0.4) is 0 Å². The Morgan fingerprint density at radius 2 is 2.39 bits per heavy atom. The second-order valence-electron chi connectivity index (χ2n) is 4.69. The lowest BCUT2D eigenvalue weighted by Gasteiger charge is -2.29. The minimum absolute atomic E-state index is 0.0287. The standard InChI is InChI=1S/C13H18ClFN2O/c14-11-4-3-9(12(15)7-11)6-13(17-16)10-2-1-5-18-8-10/h3-4,7,10,13,17H,1-2,5-6,8,16H2. The summed E-state index contributed by atoms with van der Waals surface area (Å²) in [4.78, 5) is 0. The number of nitrogens with two attached hydrogens (primary N) is 1. The van der Waals surface area contributed by atoms with E-state index in [0.717, 1.165) is 19.4 Å². The predicted octanol–water partition coefficient (Wildman–Crippen LogP) is 2.28. The lowest BCUT2D eigenvalue weighted by atomic mass is 9.89. The van der Waals surface area contributed by atoms with E-state index in [1.54, 1.807) is 12.1 Å². The third kappa shape index (κ3) is 3.42. The monoisotopic (exact) mass is 272 g/mol. The summed E-state index contributed by atoms with van der Waals surface area (Å²) in [5, 5.41) is 0.412. The number of rotatable bonds is 4. The van der Waals surface area contributed by atoms with Gasteiger partial charge >= 0.3 is 0 Å². The first-order valence-corrected chi connectivity index (χ1v) is 6.56. The molecule has 3 N–H and O–H groups in total. The van der Waals surface area contributed by atoms with Gasteiger partial charge in [0.15, 0.2) is 0 Å². The van der Waals surface area contributed by atoms with E-state index in [2.05, 4.69) is 5.43 Å². The molecule has 1 aliphatic rings. The van der Waals surface area contributed by atoms with E-state index in [9.17, 15) is 4.39 Å². The molecule has 0 amide bonds. The Morgan fingerprint density at radius 1 is 1.56 bits per heavy atom. The molecular formula is C13H18ClFN2O. The number of ether oxygens (including phenoxy) is 1. The van der Waals surface area contributed by atoms with Crippen LogP contribution in [-0.4, -0.2) is 19.3 Å². The zero-order valence-electron chi connectivity index (χ0n) is 10.2. The first kappa shape index (κ1) is 13.7. The molecule has 0 spiro atoms. The second-order valence-corrected chi connectivity index (χ2v) is 5.13. The van der Waals surface area contributed by atoms with Gasteiger partial charge in [-0.3, -0.25) is 11.3 Å². The molecule has 0 radical (unpaired) electrons. The highest BCUT2D eigenvalue weighted by Gasteiger charge is 2.24. The normalized spacial score (nSPS) is 21.8. The lowest BCUT2D eigenvalue weighted by Crippen LogP contribution is -2.45. The second kappa shape index (κ2) is 6.48. The van der Waals surface area contributed by atoms with E-state index < -0.39 is 0 Å². The summed E-state index contributed by atoms with van der Waals surface area (Å²) in [6.45, 7) is 1.49. The lowest BCUT2D eigenvalue weighted by molar-refractivity contribution is 0.0392. The van der Waals surface area contributed by atoms with E-state index in [0.29, 0.717) is 29.5 Å². The third-order valence-corrected chi connectivity index (χ3v) is 3.67. The Bertz CT molecular complexity index is 397. The average molecular weight is 273 g/mol. The molecule has 18 heavy (non-hydrogen) atoms. The van der Waals surface area contributed by atoms with Crippen molar-refractivity contribution in [1.82, 2.24) is 5.43 Å². The first-order valence-electron chi connectivity index (χ1n) is 6.18. The molecule has 5 heteroatoms. The van der Waals surface area contributed by atoms with E-state index in [-0.39, 0.29) is 11.9 Å². The minimum atomic E-state index is -0.278. The molecule has 0 bridgehead atoms. The Labute approximate surface area is 111 Å². The van der Waals surface area contributed by atoms with Crippen LogP contribution in [0.25, 0.3) is 0 Å². The highest BCUT2D eigenvalue weighted by atomic mass is 35.5. The van der Waals surface area contributed by atoms with Gasteiger partial charge in [0.1, 0.15) is 5.82 Å². The van der Waals surface area contributed by atoms with Crippen LogP contribution in [0.4, 0.5) is 4.39 Å². The number of nitrogens with one attached hydrogen (secondary N) is 1. The highest BCUT2D eigenvalue weighted by molar-refractivity contribution is 6.30. The molecule has 1 fully saturated rings. The Hall–Kier alpha value is -0.680. The number of halogens is 2. The fourth-order valence-corrected chi connectivity index (χ4v) is 2.53. The maximum absolute atomic E-state index is 13.7. The molecule has 3 nitrogen and oxygen atoms in total. The van der Waals surface area contributed by atoms with Crippen LogP contribution < -0.4 is 11.3 Å². The molecule has 2 atom stereocenters. The third-order valence-electron chi connectivity index (χ3n) is 3.43. The molecule has 1 saturated heterocycles. The van der Waals surface area contributed by atoms with Crippen molar-refractivity contribution in [2.75, 3.05) is 13.2 Å².